The SMILES string of the molecule is CC(=O)OC(C)(C)CC1(C)OCC(CO)O1. The van der Waals surface area contributed by atoms with Crippen LogP contribution in [0, 0.1) is 0 Å². The van der Waals surface area contributed by atoms with Gasteiger partial charge in [0.15, 0.2) is 5.79 Å². The molecule has 1 fully saturated rings. The Kier molecular flexibility index (Phi) is 3.93. The summed E-state index contributed by atoms with van der Waals surface area (Å²) in [7, 11) is 0. The number of aliphatic hydroxyl groups is 1. The Bertz CT molecular complexity index is 263. The van der Waals surface area contributed by atoms with Crippen molar-refractivity contribution in [3.63, 3.8) is 0 Å². The summed E-state index contributed by atoms with van der Waals surface area (Å²) in [4.78, 5) is 10.9. The average molecular weight is 232 g/mol. The Morgan fingerprint density at radius 2 is 2.25 bits per heavy atom. The van der Waals surface area contributed by atoms with E-state index in [2.05, 4.69) is 0 Å². The molecule has 16 heavy (non-hydrogen) atoms. The molecule has 94 valence electrons. The maximum absolute atomic E-state index is 10.9. The van der Waals surface area contributed by atoms with E-state index in [0.717, 1.165) is 0 Å². The number of esters is 1. The van der Waals surface area contributed by atoms with Crippen molar-refractivity contribution >= 4 is 5.97 Å². The lowest BCUT2D eigenvalue weighted by Crippen LogP contribution is -2.39. The van der Waals surface area contributed by atoms with Gasteiger partial charge in [0.1, 0.15) is 11.7 Å². The van der Waals surface area contributed by atoms with Gasteiger partial charge in [0.25, 0.3) is 0 Å². The van der Waals surface area contributed by atoms with Gasteiger partial charge in [-0.05, 0) is 20.8 Å². The summed E-state index contributed by atoms with van der Waals surface area (Å²) in [6.07, 6.45) is 0.133. The lowest BCUT2D eigenvalue weighted by atomic mass is 9.99. The molecule has 2 atom stereocenters. The second-order valence-corrected chi connectivity index (χ2v) is 4.90. The first-order valence-electron chi connectivity index (χ1n) is 5.38. The third kappa shape index (κ3) is 3.73. The van der Waals surface area contributed by atoms with Crippen LogP contribution >= 0.6 is 0 Å². The van der Waals surface area contributed by atoms with E-state index in [1.54, 1.807) is 20.8 Å². The van der Waals surface area contributed by atoms with Gasteiger partial charge in [-0.1, -0.05) is 0 Å². The number of hydrogen-bond donors (Lipinski definition) is 1. The summed E-state index contributed by atoms with van der Waals surface area (Å²) in [5, 5.41) is 8.95. The highest BCUT2D eigenvalue weighted by Crippen LogP contribution is 2.33. The summed E-state index contributed by atoms with van der Waals surface area (Å²) in [5.41, 5.74) is -0.648. The molecule has 0 aromatic heterocycles. The smallest absolute Gasteiger partial charge is 0.303 e. The van der Waals surface area contributed by atoms with Gasteiger partial charge in [-0.25, -0.2) is 0 Å². The molecule has 1 saturated heterocycles. The summed E-state index contributed by atoms with van der Waals surface area (Å²) < 4.78 is 16.2. The number of hydrogen-bond acceptors (Lipinski definition) is 5. The van der Waals surface area contributed by atoms with Crippen LogP contribution in [0.25, 0.3) is 0 Å². The largest absolute Gasteiger partial charge is 0.460 e. The van der Waals surface area contributed by atoms with Crippen LogP contribution in [0.3, 0.4) is 0 Å². The van der Waals surface area contributed by atoms with Crippen molar-refractivity contribution in [2.45, 2.75) is 51.6 Å². The van der Waals surface area contributed by atoms with Crippen LogP contribution in [-0.2, 0) is 19.0 Å². The molecule has 1 aliphatic rings. The Hall–Kier alpha value is -0.650. The van der Waals surface area contributed by atoms with E-state index in [9.17, 15) is 4.79 Å². The van der Waals surface area contributed by atoms with E-state index in [1.807, 2.05) is 0 Å². The minimum absolute atomic E-state index is 0.0659. The topological polar surface area (TPSA) is 65.0 Å². The summed E-state index contributed by atoms with van der Waals surface area (Å²) in [6.45, 7) is 7.06. The third-order valence-corrected chi connectivity index (χ3v) is 2.36. The molecule has 5 heteroatoms. The number of aliphatic hydroxyl groups excluding tert-OH is 1. The maximum atomic E-state index is 10.9. The number of carbonyl (C=O) groups is 1. The minimum Gasteiger partial charge on any atom is -0.460 e. The first-order chi connectivity index (χ1) is 7.26. The molecule has 0 aromatic carbocycles. The van der Waals surface area contributed by atoms with E-state index in [4.69, 9.17) is 19.3 Å². The van der Waals surface area contributed by atoms with Crippen molar-refractivity contribution in [3.8, 4) is 0 Å². The van der Waals surface area contributed by atoms with Gasteiger partial charge in [-0.3, -0.25) is 4.79 Å². The van der Waals surface area contributed by atoms with E-state index >= 15 is 0 Å². The molecular weight excluding hydrogens is 212 g/mol. The lowest BCUT2D eigenvalue weighted by Gasteiger charge is -2.32. The lowest BCUT2D eigenvalue weighted by molar-refractivity contribution is -0.198. The average Bonchev–Trinajstić information content (AvgIpc) is 2.43. The summed E-state index contributed by atoms with van der Waals surface area (Å²) in [6, 6.07) is 0. The number of rotatable bonds is 4. The maximum Gasteiger partial charge on any atom is 0.303 e. The molecule has 1 heterocycles. The standard InChI is InChI=1S/C11H20O5/c1-8(13)15-10(2,3)7-11(4)14-6-9(5-12)16-11/h9,12H,5-7H2,1-4H3. The molecule has 0 aromatic rings. The minimum atomic E-state index is -0.799. The van der Waals surface area contributed by atoms with E-state index < -0.39 is 11.4 Å². The first-order valence-corrected chi connectivity index (χ1v) is 5.38. The second kappa shape index (κ2) is 4.69. The van der Waals surface area contributed by atoms with Crippen molar-refractivity contribution < 1.29 is 24.1 Å². The molecule has 0 aliphatic carbocycles. The second-order valence-electron chi connectivity index (χ2n) is 4.90. The highest BCUT2D eigenvalue weighted by molar-refractivity contribution is 5.66. The molecule has 1 N–H and O–H groups in total. The molecule has 2 unspecified atom stereocenters. The van der Waals surface area contributed by atoms with Crippen molar-refractivity contribution in [1.82, 2.24) is 0 Å². The van der Waals surface area contributed by atoms with Crippen molar-refractivity contribution in [1.29, 1.82) is 0 Å². The summed E-state index contributed by atoms with van der Waals surface area (Å²) >= 11 is 0. The van der Waals surface area contributed by atoms with Gasteiger partial charge in [0.2, 0.25) is 0 Å². The quantitative estimate of drug-likeness (QED) is 0.728. The van der Waals surface area contributed by atoms with E-state index in [-0.39, 0.29) is 18.7 Å². The Balaban J connectivity index is 2.56. The van der Waals surface area contributed by atoms with Gasteiger partial charge < -0.3 is 19.3 Å². The number of carbonyl (C=O) groups excluding carboxylic acids is 1. The number of ether oxygens (including phenoxy) is 3. The van der Waals surface area contributed by atoms with Crippen LogP contribution in [-0.4, -0.2) is 41.8 Å². The highest BCUT2D eigenvalue weighted by atomic mass is 16.7. The van der Waals surface area contributed by atoms with Crippen molar-refractivity contribution in [2.24, 2.45) is 0 Å². The van der Waals surface area contributed by atoms with E-state index in [1.165, 1.54) is 6.92 Å². The fraction of sp³-hybridized carbons (Fsp3) is 0.909. The van der Waals surface area contributed by atoms with E-state index in [0.29, 0.717) is 13.0 Å². The molecule has 0 spiro atoms. The van der Waals surface area contributed by atoms with Gasteiger partial charge in [-0.2, -0.15) is 0 Å². The zero-order valence-corrected chi connectivity index (χ0v) is 10.3. The zero-order valence-electron chi connectivity index (χ0n) is 10.3. The monoisotopic (exact) mass is 232 g/mol. The van der Waals surface area contributed by atoms with Gasteiger partial charge in [0, 0.05) is 13.3 Å². The third-order valence-electron chi connectivity index (χ3n) is 2.36. The fourth-order valence-corrected chi connectivity index (χ4v) is 2.07. The molecule has 5 nitrogen and oxygen atoms in total. The fourth-order valence-electron chi connectivity index (χ4n) is 2.07. The van der Waals surface area contributed by atoms with Crippen molar-refractivity contribution in [2.75, 3.05) is 13.2 Å². The van der Waals surface area contributed by atoms with Gasteiger partial charge >= 0.3 is 5.97 Å². The molecular formula is C11H20O5. The predicted molar refractivity (Wildman–Crippen MR) is 56.8 cm³/mol. The van der Waals surface area contributed by atoms with Crippen LogP contribution < -0.4 is 0 Å². The van der Waals surface area contributed by atoms with Gasteiger partial charge in [-0.15, -0.1) is 0 Å². The first kappa shape index (κ1) is 13.4. The van der Waals surface area contributed by atoms with Gasteiger partial charge in [0.05, 0.1) is 13.2 Å². The van der Waals surface area contributed by atoms with Crippen LogP contribution in [0.1, 0.15) is 34.1 Å². The zero-order chi connectivity index (χ0) is 12.4. The summed E-state index contributed by atoms with van der Waals surface area (Å²) in [5.74, 6) is -1.13. The highest BCUT2D eigenvalue weighted by Gasteiger charge is 2.42. The molecule has 0 bridgehead atoms. The molecule has 0 radical (unpaired) electrons. The van der Waals surface area contributed by atoms with Crippen LogP contribution in [0.2, 0.25) is 0 Å². The van der Waals surface area contributed by atoms with Crippen molar-refractivity contribution in [3.05, 3.63) is 0 Å². The van der Waals surface area contributed by atoms with Crippen LogP contribution in [0.4, 0.5) is 0 Å². The molecule has 0 amide bonds. The Morgan fingerprint density at radius 3 is 2.69 bits per heavy atom. The normalized spacial score (nSPS) is 30.4. The Labute approximate surface area is 95.7 Å². The Morgan fingerprint density at radius 1 is 1.62 bits per heavy atom. The molecule has 0 saturated carbocycles. The van der Waals surface area contributed by atoms with Crippen LogP contribution in [0.5, 0.6) is 0 Å². The van der Waals surface area contributed by atoms with Crippen LogP contribution in [0.15, 0.2) is 0 Å². The molecule has 1 aliphatic heterocycles. The molecule has 1 rings (SSSR count). The predicted octanol–water partition coefficient (Wildman–Crippen LogP) is 0.842.